The molecule has 0 aromatic heterocycles. The Kier molecular flexibility index (Phi) is 4.34. The van der Waals surface area contributed by atoms with Crippen molar-refractivity contribution >= 4 is 5.91 Å². The number of hydrogen-bond acceptors (Lipinski definition) is 3. The van der Waals surface area contributed by atoms with Gasteiger partial charge in [-0.25, -0.2) is 4.39 Å². The van der Waals surface area contributed by atoms with E-state index in [1.807, 2.05) is 7.05 Å². The molecular weight excluding hydrogens is 283 g/mol. The molecule has 1 saturated heterocycles. The van der Waals surface area contributed by atoms with Gasteiger partial charge in [-0.15, -0.1) is 0 Å². The first kappa shape index (κ1) is 15.3. The Morgan fingerprint density at radius 2 is 2.05 bits per heavy atom. The van der Waals surface area contributed by atoms with Crippen molar-refractivity contribution in [2.75, 3.05) is 33.3 Å². The molecule has 5 heteroatoms. The molecule has 0 bridgehead atoms. The van der Waals surface area contributed by atoms with Crippen molar-refractivity contribution in [2.45, 2.75) is 19.3 Å². The minimum Gasteiger partial charge on any atom is -0.492 e. The molecule has 4 nitrogen and oxygen atoms in total. The predicted octanol–water partition coefficient (Wildman–Crippen LogP) is 2.05. The molecule has 1 aromatic rings. The third-order valence-corrected chi connectivity index (χ3v) is 4.97. The van der Waals surface area contributed by atoms with Crippen LogP contribution in [0.25, 0.3) is 0 Å². The van der Waals surface area contributed by atoms with Gasteiger partial charge in [0.25, 0.3) is 0 Å². The lowest BCUT2D eigenvalue weighted by atomic mass is 9.91. The molecule has 3 rings (SSSR count). The van der Waals surface area contributed by atoms with Crippen LogP contribution in [-0.4, -0.2) is 44.1 Å². The van der Waals surface area contributed by atoms with Gasteiger partial charge in [0.15, 0.2) is 0 Å². The number of amides is 1. The largest absolute Gasteiger partial charge is 0.492 e. The van der Waals surface area contributed by atoms with Crippen molar-refractivity contribution in [1.29, 1.82) is 0 Å². The summed E-state index contributed by atoms with van der Waals surface area (Å²) < 4.78 is 18.3. The van der Waals surface area contributed by atoms with Gasteiger partial charge >= 0.3 is 0 Å². The second-order valence-electron chi connectivity index (χ2n) is 6.43. The Balaban J connectivity index is 1.43. The summed E-state index contributed by atoms with van der Waals surface area (Å²) in [5, 5.41) is 3.35. The average molecular weight is 306 g/mol. The Morgan fingerprint density at radius 1 is 1.36 bits per heavy atom. The Morgan fingerprint density at radius 3 is 2.73 bits per heavy atom. The average Bonchev–Trinajstić information content (AvgIpc) is 3.22. The Labute approximate surface area is 130 Å². The zero-order valence-corrected chi connectivity index (χ0v) is 13.0. The lowest BCUT2D eigenvalue weighted by Crippen LogP contribution is -2.36. The fraction of sp³-hybridized carbons (Fsp3) is 0.588. The van der Waals surface area contributed by atoms with Crippen molar-refractivity contribution < 1.29 is 13.9 Å². The van der Waals surface area contributed by atoms with Gasteiger partial charge < -0.3 is 15.0 Å². The lowest BCUT2D eigenvalue weighted by Gasteiger charge is -2.25. The maximum absolute atomic E-state index is 12.8. The number of halogens is 1. The normalized spacial score (nSPS) is 22.4. The number of carbonyl (C=O) groups is 1. The first-order valence-electron chi connectivity index (χ1n) is 7.95. The van der Waals surface area contributed by atoms with Crippen molar-refractivity contribution in [3.05, 3.63) is 30.1 Å². The predicted molar refractivity (Wildman–Crippen MR) is 82.2 cm³/mol. The molecule has 1 aliphatic heterocycles. The highest BCUT2D eigenvalue weighted by atomic mass is 19.1. The number of carbonyl (C=O) groups excluding carboxylic acids is 1. The van der Waals surface area contributed by atoms with Crippen LogP contribution in [0.2, 0.25) is 0 Å². The fourth-order valence-electron chi connectivity index (χ4n) is 3.38. The van der Waals surface area contributed by atoms with Crippen LogP contribution in [0.4, 0.5) is 4.39 Å². The van der Waals surface area contributed by atoms with Gasteiger partial charge in [-0.05, 0) is 62.0 Å². The number of ether oxygens (including phenoxy) is 1. The van der Waals surface area contributed by atoms with E-state index in [1.165, 1.54) is 12.1 Å². The van der Waals surface area contributed by atoms with E-state index in [-0.39, 0.29) is 23.1 Å². The highest BCUT2D eigenvalue weighted by Gasteiger charge is 2.58. The lowest BCUT2D eigenvalue weighted by molar-refractivity contribution is -0.132. The van der Waals surface area contributed by atoms with Crippen LogP contribution in [0, 0.1) is 17.2 Å². The summed E-state index contributed by atoms with van der Waals surface area (Å²) in [6, 6.07) is 5.94. The molecule has 2 aliphatic rings. The number of nitrogens with one attached hydrogen (secondary N) is 1. The number of hydrogen-bond donors (Lipinski definition) is 1. The van der Waals surface area contributed by atoms with Crippen LogP contribution in [0.3, 0.4) is 0 Å². The topological polar surface area (TPSA) is 41.6 Å². The first-order valence-corrected chi connectivity index (χ1v) is 7.95. The van der Waals surface area contributed by atoms with Crippen molar-refractivity contribution in [2.24, 2.45) is 11.3 Å². The summed E-state index contributed by atoms with van der Waals surface area (Å²) in [7, 11) is 1.84. The molecule has 0 radical (unpaired) electrons. The Bertz CT molecular complexity index is 526. The van der Waals surface area contributed by atoms with E-state index in [0.29, 0.717) is 18.9 Å². The van der Waals surface area contributed by atoms with Gasteiger partial charge in [-0.3, -0.25) is 4.79 Å². The highest BCUT2D eigenvalue weighted by Crippen LogP contribution is 2.59. The van der Waals surface area contributed by atoms with Gasteiger partial charge in [-0.1, -0.05) is 0 Å². The van der Waals surface area contributed by atoms with Gasteiger partial charge in [0.1, 0.15) is 18.2 Å². The number of rotatable bonds is 5. The number of nitrogens with zero attached hydrogens (tertiary/aromatic N) is 1. The molecule has 1 atom stereocenters. The summed E-state index contributed by atoms with van der Waals surface area (Å²) in [4.78, 5) is 14.2. The summed E-state index contributed by atoms with van der Waals surface area (Å²) >= 11 is 0. The number of likely N-dealkylation sites (N-methyl/N-ethyl adjacent to an activating group) is 1. The molecule has 1 unspecified atom stereocenters. The second kappa shape index (κ2) is 6.24. The van der Waals surface area contributed by atoms with Crippen molar-refractivity contribution in [3.8, 4) is 5.75 Å². The molecule has 1 heterocycles. The smallest absolute Gasteiger partial charge is 0.226 e. The van der Waals surface area contributed by atoms with Crippen LogP contribution < -0.4 is 10.1 Å². The zero-order valence-electron chi connectivity index (χ0n) is 13.0. The number of benzene rings is 1. The molecule has 1 aromatic carbocycles. The first-order chi connectivity index (χ1) is 10.6. The fourth-order valence-corrected chi connectivity index (χ4v) is 3.38. The summed E-state index contributed by atoms with van der Waals surface area (Å²) in [6.07, 6.45) is 3.27. The van der Waals surface area contributed by atoms with Crippen LogP contribution >= 0.6 is 0 Å². The van der Waals surface area contributed by atoms with E-state index in [1.54, 1.807) is 17.0 Å². The Hall–Kier alpha value is -1.62. The van der Waals surface area contributed by atoms with E-state index < -0.39 is 0 Å². The second-order valence-corrected chi connectivity index (χ2v) is 6.43. The maximum Gasteiger partial charge on any atom is 0.226 e. The summed E-state index contributed by atoms with van der Waals surface area (Å²) in [5.74, 6) is 0.791. The van der Waals surface area contributed by atoms with Crippen molar-refractivity contribution in [3.63, 3.8) is 0 Å². The highest BCUT2D eigenvalue weighted by molar-refractivity contribution is 5.82. The van der Waals surface area contributed by atoms with Gasteiger partial charge in [0.2, 0.25) is 5.91 Å². The third-order valence-electron chi connectivity index (χ3n) is 4.97. The zero-order chi connectivity index (χ0) is 15.6. The molecular formula is C17H23FN2O2. The van der Waals surface area contributed by atoms with E-state index in [2.05, 4.69) is 5.32 Å². The molecule has 2 fully saturated rings. The van der Waals surface area contributed by atoms with Gasteiger partial charge in [-0.2, -0.15) is 0 Å². The molecule has 1 N–H and O–H groups in total. The maximum atomic E-state index is 12.8. The molecule has 1 spiro atoms. The van der Waals surface area contributed by atoms with E-state index in [9.17, 15) is 9.18 Å². The minimum absolute atomic E-state index is 0.199. The standard InChI is InChI=1S/C17H23FN2O2/c1-20(10-11-22-14-4-2-13(18)3-5-14)16(21)15-12-17(15)6-8-19-9-7-17/h2-5,15,19H,6-12H2,1H3. The molecule has 1 amide bonds. The van der Waals surface area contributed by atoms with Crippen LogP contribution in [0.15, 0.2) is 24.3 Å². The molecule has 22 heavy (non-hydrogen) atoms. The van der Waals surface area contributed by atoms with Gasteiger partial charge in [0.05, 0.1) is 6.54 Å². The van der Waals surface area contributed by atoms with Gasteiger partial charge in [0, 0.05) is 13.0 Å². The van der Waals surface area contributed by atoms with Crippen LogP contribution in [-0.2, 0) is 4.79 Å². The van der Waals surface area contributed by atoms with E-state index in [0.717, 1.165) is 32.4 Å². The number of piperidine rings is 1. The van der Waals surface area contributed by atoms with Crippen LogP contribution in [0.5, 0.6) is 5.75 Å². The van der Waals surface area contributed by atoms with Crippen molar-refractivity contribution in [1.82, 2.24) is 10.2 Å². The quantitative estimate of drug-likeness (QED) is 0.905. The van der Waals surface area contributed by atoms with E-state index >= 15 is 0 Å². The molecule has 1 saturated carbocycles. The molecule has 120 valence electrons. The summed E-state index contributed by atoms with van der Waals surface area (Å²) in [5.41, 5.74) is 0.272. The minimum atomic E-state index is -0.277. The monoisotopic (exact) mass is 306 g/mol. The molecule has 1 aliphatic carbocycles. The summed E-state index contributed by atoms with van der Waals surface area (Å²) in [6.45, 7) is 3.04. The van der Waals surface area contributed by atoms with Crippen LogP contribution in [0.1, 0.15) is 19.3 Å². The third kappa shape index (κ3) is 3.24. The SMILES string of the molecule is CN(CCOc1ccc(F)cc1)C(=O)C1CC12CCNCC2. The van der Waals surface area contributed by atoms with E-state index in [4.69, 9.17) is 4.74 Å².